The van der Waals surface area contributed by atoms with Gasteiger partial charge in [0.1, 0.15) is 11.6 Å². The molecule has 0 spiro atoms. The quantitative estimate of drug-likeness (QED) is 0.536. The molecule has 0 fully saturated rings. The van der Waals surface area contributed by atoms with Gasteiger partial charge in [0, 0.05) is 5.56 Å². The summed E-state index contributed by atoms with van der Waals surface area (Å²) < 4.78 is 83.7. The van der Waals surface area contributed by atoms with Crippen molar-refractivity contribution in [2.45, 2.75) is 40.5 Å². The van der Waals surface area contributed by atoms with E-state index in [0.29, 0.717) is 0 Å². The molecule has 3 rings (SSSR count). The summed E-state index contributed by atoms with van der Waals surface area (Å²) in [6.07, 6.45) is 0.213. The van der Waals surface area contributed by atoms with Crippen LogP contribution in [-0.2, 0) is 19.7 Å². The zero-order chi connectivity index (χ0) is 21.4. The molecule has 0 bridgehead atoms. The van der Waals surface area contributed by atoms with Gasteiger partial charge in [0.15, 0.2) is 0 Å². The first-order valence-electron chi connectivity index (χ1n) is 8.58. The summed E-state index contributed by atoms with van der Waals surface area (Å²) in [7, 11) is -8.60. The number of benzene rings is 2. The van der Waals surface area contributed by atoms with Gasteiger partial charge in [0.25, 0.3) is 5.09 Å². The molecule has 3 aromatic rings. The average Bonchev–Trinajstić information content (AvgIpc) is 3.15. The molecule has 1 heterocycles. The molecule has 0 aliphatic carbocycles. The van der Waals surface area contributed by atoms with E-state index in [1.807, 2.05) is 0 Å². The molecule has 154 valence electrons. The third kappa shape index (κ3) is 3.95. The average molecular weight is 441 g/mol. The lowest BCUT2D eigenvalue weighted by Gasteiger charge is -2.09. The Morgan fingerprint density at radius 3 is 1.97 bits per heavy atom. The van der Waals surface area contributed by atoms with Crippen molar-refractivity contribution in [2.75, 3.05) is 0 Å². The van der Waals surface area contributed by atoms with Crippen molar-refractivity contribution >= 4 is 19.7 Å². The van der Waals surface area contributed by atoms with Crippen molar-refractivity contribution in [2.24, 2.45) is 0 Å². The van der Waals surface area contributed by atoms with Crippen molar-refractivity contribution in [1.29, 1.82) is 0 Å². The molecule has 1 unspecified atom stereocenters. The maximum absolute atomic E-state index is 13.2. The zero-order valence-electron chi connectivity index (χ0n) is 15.5. The number of hydrogen-bond donors (Lipinski definition) is 0. The lowest BCUT2D eigenvalue weighted by molar-refractivity contribution is 0.441. The van der Waals surface area contributed by atoms with Gasteiger partial charge in [-0.25, -0.2) is 25.6 Å². The highest BCUT2D eigenvalue weighted by Gasteiger charge is 2.37. The van der Waals surface area contributed by atoms with Gasteiger partial charge >= 0.3 is 0 Å². The molecule has 10 heteroatoms. The van der Waals surface area contributed by atoms with E-state index in [1.54, 1.807) is 6.92 Å². The molecule has 0 amide bonds. The second-order valence-corrected chi connectivity index (χ2v) is 10.5. The molecule has 0 aliphatic heterocycles. The summed E-state index contributed by atoms with van der Waals surface area (Å²) in [4.78, 5) is 3.58. The van der Waals surface area contributed by atoms with Crippen molar-refractivity contribution in [3.63, 3.8) is 0 Å². The van der Waals surface area contributed by atoms with Crippen LogP contribution < -0.4 is 0 Å². The van der Waals surface area contributed by atoms with Gasteiger partial charge in [0.2, 0.25) is 30.6 Å². The van der Waals surface area contributed by atoms with Crippen LogP contribution in [0.3, 0.4) is 0 Å². The van der Waals surface area contributed by atoms with E-state index in [9.17, 15) is 25.6 Å². The highest BCUT2D eigenvalue weighted by Crippen LogP contribution is 2.34. The fourth-order valence-corrected chi connectivity index (χ4v) is 5.63. The van der Waals surface area contributed by atoms with Crippen LogP contribution in [0.15, 0.2) is 68.0 Å². The Hall–Kier alpha value is -2.59. The Morgan fingerprint density at radius 2 is 1.45 bits per heavy atom. The minimum Gasteiger partial charge on any atom is -0.423 e. The normalized spacial score (nSPS) is 13.4. The first kappa shape index (κ1) is 21.1. The molecule has 2 aromatic carbocycles. The fourth-order valence-electron chi connectivity index (χ4n) is 2.49. The van der Waals surface area contributed by atoms with Crippen molar-refractivity contribution in [1.82, 2.24) is 4.98 Å². The number of sulfone groups is 2. The van der Waals surface area contributed by atoms with Crippen LogP contribution in [0.4, 0.5) is 8.78 Å². The molecule has 0 radical (unpaired) electrons. The predicted molar refractivity (Wildman–Crippen MR) is 101 cm³/mol. The van der Waals surface area contributed by atoms with Gasteiger partial charge in [-0.05, 0) is 61.9 Å². The number of oxazole rings is 1. The molecule has 0 saturated heterocycles. The van der Waals surface area contributed by atoms with Crippen molar-refractivity contribution < 1.29 is 30.0 Å². The summed E-state index contributed by atoms with van der Waals surface area (Å²) >= 11 is 0. The van der Waals surface area contributed by atoms with Crippen LogP contribution in [-0.4, -0.2) is 27.1 Å². The standard InChI is InChI=1S/C19H17F2NO5S2/c1-3-12(2)28(23,24)19-18(29(25,26)16-10-8-15(21)9-11-16)22-17(27-19)13-4-6-14(20)7-5-13/h4-12H,3H2,1-2H3. The second-order valence-electron chi connectivity index (χ2n) is 6.34. The highest BCUT2D eigenvalue weighted by atomic mass is 32.2. The second kappa shape index (κ2) is 7.68. The van der Waals surface area contributed by atoms with Gasteiger partial charge < -0.3 is 4.42 Å². The number of nitrogens with zero attached hydrogens (tertiary/aromatic N) is 1. The SMILES string of the molecule is CCC(C)S(=O)(=O)c1oc(-c2ccc(F)cc2)nc1S(=O)(=O)c1ccc(F)cc1. The first-order chi connectivity index (χ1) is 13.6. The van der Waals surface area contributed by atoms with Gasteiger partial charge in [-0.3, -0.25) is 0 Å². The topological polar surface area (TPSA) is 94.3 Å². The molecule has 6 nitrogen and oxygen atoms in total. The summed E-state index contributed by atoms with van der Waals surface area (Å²) in [6.45, 7) is 3.05. The number of rotatable bonds is 6. The van der Waals surface area contributed by atoms with Gasteiger partial charge in [-0.1, -0.05) is 6.92 Å². The molecular formula is C19H17F2NO5S2. The largest absolute Gasteiger partial charge is 0.423 e. The van der Waals surface area contributed by atoms with Crippen LogP contribution in [0.1, 0.15) is 20.3 Å². The van der Waals surface area contributed by atoms with E-state index >= 15 is 0 Å². The molecule has 1 atom stereocenters. The van der Waals surface area contributed by atoms with Gasteiger partial charge in [-0.15, -0.1) is 0 Å². The van der Waals surface area contributed by atoms with Crippen LogP contribution in [0.5, 0.6) is 0 Å². The third-order valence-electron chi connectivity index (χ3n) is 4.40. The minimum atomic E-state index is -4.43. The number of hydrogen-bond acceptors (Lipinski definition) is 6. The lowest BCUT2D eigenvalue weighted by Crippen LogP contribution is -2.19. The number of halogens is 2. The zero-order valence-corrected chi connectivity index (χ0v) is 17.1. The monoisotopic (exact) mass is 441 g/mol. The Bertz CT molecular complexity index is 1230. The van der Waals surface area contributed by atoms with Crippen LogP contribution in [0, 0.1) is 11.6 Å². The minimum absolute atomic E-state index is 0.201. The molecule has 1 aromatic heterocycles. The lowest BCUT2D eigenvalue weighted by atomic mass is 10.2. The maximum Gasteiger partial charge on any atom is 0.258 e. The first-order valence-corrected chi connectivity index (χ1v) is 11.6. The summed E-state index contributed by atoms with van der Waals surface area (Å²) in [5.74, 6) is -1.47. The molecular weight excluding hydrogens is 424 g/mol. The van der Waals surface area contributed by atoms with E-state index in [1.165, 1.54) is 19.1 Å². The van der Waals surface area contributed by atoms with E-state index in [2.05, 4.69) is 4.98 Å². The predicted octanol–water partition coefficient (Wildman–Crippen LogP) is 4.02. The Kier molecular flexibility index (Phi) is 5.59. The van der Waals surface area contributed by atoms with Crippen LogP contribution in [0.25, 0.3) is 11.5 Å². The summed E-state index contributed by atoms with van der Waals surface area (Å²) in [5, 5.41) is -2.52. The molecule has 0 N–H and O–H groups in total. The van der Waals surface area contributed by atoms with Gasteiger partial charge in [0.05, 0.1) is 10.1 Å². The van der Waals surface area contributed by atoms with E-state index in [0.717, 1.165) is 36.4 Å². The van der Waals surface area contributed by atoms with Gasteiger partial charge in [-0.2, -0.15) is 4.98 Å². The summed E-state index contributed by atoms with van der Waals surface area (Å²) in [6, 6.07) is 8.69. The third-order valence-corrected chi connectivity index (χ3v) is 8.39. The number of aromatic nitrogens is 1. The van der Waals surface area contributed by atoms with E-state index < -0.39 is 46.7 Å². The highest BCUT2D eigenvalue weighted by molar-refractivity contribution is 7.94. The fraction of sp³-hybridized carbons (Fsp3) is 0.211. The molecule has 29 heavy (non-hydrogen) atoms. The van der Waals surface area contributed by atoms with Crippen molar-refractivity contribution in [3.8, 4) is 11.5 Å². The molecule has 0 aliphatic rings. The van der Waals surface area contributed by atoms with E-state index in [4.69, 9.17) is 4.42 Å². The summed E-state index contributed by atoms with van der Waals surface area (Å²) in [5.41, 5.74) is 0.201. The maximum atomic E-state index is 13.2. The Balaban J connectivity index is 2.26. The van der Waals surface area contributed by atoms with Crippen LogP contribution >= 0.6 is 0 Å². The Labute approximate surface area is 167 Å². The Morgan fingerprint density at radius 1 is 0.931 bits per heavy atom. The van der Waals surface area contributed by atoms with Crippen molar-refractivity contribution in [3.05, 3.63) is 60.2 Å². The smallest absolute Gasteiger partial charge is 0.258 e. The van der Waals surface area contributed by atoms with Crippen LogP contribution in [0.2, 0.25) is 0 Å². The molecule has 0 saturated carbocycles. The van der Waals surface area contributed by atoms with E-state index in [-0.39, 0.29) is 22.8 Å².